The van der Waals surface area contributed by atoms with Crippen molar-refractivity contribution < 1.29 is 19.1 Å². The number of nitrogens with one attached hydrogen (secondary N) is 2. The summed E-state index contributed by atoms with van der Waals surface area (Å²) < 4.78 is 12.7. The van der Waals surface area contributed by atoms with Gasteiger partial charge in [-0.25, -0.2) is 9.59 Å². The van der Waals surface area contributed by atoms with Crippen LogP contribution in [0.1, 0.15) is 31.4 Å². The number of amides is 1. The SMILES string of the molecule is CCOC(=O)CCc1ccc(-n2ccn(-c3ccc(C(=N)NC(=O)OCC)cc3)c2=O)cc1. The highest BCUT2D eigenvalue weighted by molar-refractivity contribution is 6.04. The van der Waals surface area contributed by atoms with Gasteiger partial charge in [0.1, 0.15) is 5.84 Å². The van der Waals surface area contributed by atoms with E-state index < -0.39 is 6.09 Å². The Bertz CT molecular complexity index is 1180. The van der Waals surface area contributed by atoms with Crippen molar-refractivity contribution in [1.82, 2.24) is 14.5 Å². The molecule has 2 aromatic carbocycles. The van der Waals surface area contributed by atoms with E-state index in [0.29, 0.717) is 36.4 Å². The predicted molar refractivity (Wildman–Crippen MR) is 123 cm³/mol. The first kappa shape index (κ1) is 23.5. The van der Waals surface area contributed by atoms with Crippen molar-refractivity contribution in [3.63, 3.8) is 0 Å². The highest BCUT2D eigenvalue weighted by atomic mass is 16.5. The molecule has 0 atom stereocenters. The van der Waals surface area contributed by atoms with Crippen LogP contribution < -0.4 is 11.0 Å². The molecule has 9 nitrogen and oxygen atoms in total. The molecule has 2 N–H and O–H groups in total. The normalized spacial score (nSPS) is 10.5. The topological polar surface area (TPSA) is 115 Å². The van der Waals surface area contributed by atoms with Gasteiger partial charge in [0.2, 0.25) is 0 Å². The minimum atomic E-state index is -0.688. The van der Waals surface area contributed by atoms with Crippen LogP contribution in [0.3, 0.4) is 0 Å². The van der Waals surface area contributed by atoms with Crippen LogP contribution in [0, 0.1) is 5.41 Å². The standard InChI is InChI=1S/C24H26N4O5/c1-3-32-21(29)14-7-17-5-10-19(11-6-17)27-15-16-28(24(27)31)20-12-8-18(9-13-20)22(25)26-23(30)33-4-2/h5-6,8-13,15-16H,3-4,7,14H2,1-2H3,(H2,25,26,30). The van der Waals surface area contributed by atoms with E-state index in [2.05, 4.69) is 5.32 Å². The number of amidine groups is 1. The summed E-state index contributed by atoms with van der Waals surface area (Å²) in [6, 6.07) is 14.1. The van der Waals surface area contributed by atoms with Crippen LogP contribution in [0.2, 0.25) is 0 Å². The molecule has 172 valence electrons. The molecule has 0 saturated carbocycles. The molecule has 3 aromatic rings. The maximum Gasteiger partial charge on any atom is 0.412 e. The summed E-state index contributed by atoms with van der Waals surface area (Å²) in [5, 5.41) is 10.3. The molecule has 1 heterocycles. The lowest BCUT2D eigenvalue weighted by Crippen LogP contribution is -2.31. The number of aryl methyl sites for hydroxylation is 1. The third-order valence-corrected chi connectivity index (χ3v) is 4.85. The van der Waals surface area contributed by atoms with Crippen LogP contribution in [0.5, 0.6) is 0 Å². The van der Waals surface area contributed by atoms with Gasteiger partial charge < -0.3 is 9.47 Å². The lowest BCUT2D eigenvalue weighted by atomic mass is 10.1. The highest BCUT2D eigenvalue weighted by Gasteiger charge is 2.10. The van der Waals surface area contributed by atoms with Crippen LogP contribution >= 0.6 is 0 Å². The summed E-state index contributed by atoms with van der Waals surface area (Å²) in [4.78, 5) is 35.9. The molecule has 0 aliphatic carbocycles. The number of nitrogens with zero attached hydrogens (tertiary/aromatic N) is 2. The van der Waals surface area contributed by atoms with Gasteiger partial charge in [0.25, 0.3) is 0 Å². The number of rotatable bonds is 8. The average molecular weight is 450 g/mol. The van der Waals surface area contributed by atoms with Gasteiger partial charge in [-0.15, -0.1) is 0 Å². The van der Waals surface area contributed by atoms with E-state index in [-0.39, 0.29) is 24.1 Å². The Hall–Kier alpha value is -4.14. The van der Waals surface area contributed by atoms with E-state index in [4.69, 9.17) is 14.9 Å². The van der Waals surface area contributed by atoms with Crippen molar-refractivity contribution in [2.24, 2.45) is 0 Å². The fraction of sp³-hybridized carbons (Fsp3) is 0.250. The van der Waals surface area contributed by atoms with Gasteiger partial charge in [0.05, 0.1) is 24.6 Å². The fourth-order valence-electron chi connectivity index (χ4n) is 3.20. The number of carbonyl (C=O) groups excluding carboxylic acids is 2. The van der Waals surface area contributed by atoms with E-state index in [1.807, 2.05) is 24.3 Å². The molecule has 33 heavy (non-hydrogen) atoms. The number of benzene rings is 2. The van der Waals surface area contributed by atoms with Crippen molar-refractivity contribution in [3.8, 4) is 11.4 Å². The second-order valence-corrected chi connectivity index (χ2v) is 7.06. The molecule has 9 heteroatoms. The molecule has 0 bridgehead atoms. The number of alkyl carbamates (subject to hydrolysis) is 1. The van der Waals surface area contributed by atoms with Crippen LogP contribution in [-0.2, 0) is 20.7 Å². The number of ether oxygens (including phenoxy) is 2. The van der Waals surface area contributed by atoms with Gasteiger partial charge in [0.15, 0.2) is 0 Å². The Morgan fingerprint density at radius 1 is 0.879 bits per heavy atom. The number of esters is 1. The van der Waals surface area contributed by atoms with Crippen molar-refractivity contribution >= 4 is 17.9 Å². The highest BCUT2D eigenvalue weighted by Crippen LogP contribution is 2.13. The zero-order chi connectivity index (χ0) is 23.8. The maximum atomic E-state index is 12.9. The smallest absolute Gasteiger partial charge is 0.412 e. The monoisotopic (exact) mass is 450 g/mol. The second kappa shape index (κ2) is 10.9. The first-order valence-corrected chi connectivity index (χ1v) is 10.6. The number of carbonyl (C=O) groups is 2. The first-order chi connectivity index (χ1) is 15.9. The minimum Gasteiger partial charge on any atom is -0.466 e. The minimum absolute atomic E-state index is 0.0898. The number of imidazole rings is 1. The van der Waals surface area contributed by atoms with Gasteiger partial charge in [-0.05, 0) is 62.2 Å². The second-order valence-electron chi connectivity index (χ2n) is 7.06. The lowest BCUT2D eigenvalue weighted by molar-refractivity contribution is -0.143. The average Bonchev–Trinajstić information content (AvgIpc) is 3.19. The zero-order valence-corrected chi connectivity index (χ0v) is 18.5. The summed E-state index contributed by atoms with van der Waals surface area (Å²) in [5.41, 5.74) is 2.54. The van der Waals surface area contributed by atoms with Gasteiger partial charge in [-0.3, -0.25) is 24.7 Å². The van der Waals surface area contributed by atoms with Crippen molar-refractivity contribution in [3.05, 3.63) is 82.5 Å². The van der Waals surface area contributed by atoms with Crippen LogP contribution in [-0.4, -0.2) is 40.2 Å². The number of hydrogen-bond donors (Lipinski definition) is 2. The molecule has 0 aliphatic rings. The van der Waals surface area contributed by atoms with Gasteiger partial charge in [-0.1, -0.05) is 12.1 Å². The molecular weight excluding hydrogens is 424 g/mol. The van der Waals surface area contributed by atoms with E-state index >= 15 is 0 Å². The summed E-state index contributed by atoms with van der Waals surface area (Å²) >= 11 is 0. The molecule has 0 unspecified atom stereocenters. The third kappa shape index (κ3) is 5.97. The van der Waals surface area contributed by atoms with Crippen LogP contribution in [0.15, 0.2) is 65.7 Å². The van der Waals surface area contributed by atoms with Crippen LogP contribution in [0.4, 0.5) is 4.79 Å². The van der Waals surface area contributed by atoms with E-state index in [0.717, 1.165) is 5.56 Å². The molecule has 0 aliphatic heterocycles. The van der Waals surface area contributed by atoms with Gasteiger partial charge in [0, 0.05) is 24.4 Å². The molecule has 0 fully saturated rings. The molecule has 0 saturated heterocycles. The molecule has 1 aromatic heterocycles. The lowest BCUT2D eigenvalue weighted by Gasteiger charge is -2.08. The van der Waals surface area contributed by atoms with E-state index in [1.54, 1.807) is 50.5 Å². The Labute approximate surface area is 191 Å². The Morgan fingerprint density at radius 2 is 1.42 bits per heavy atom. The quantitative estimate of drug-likeness (QED) is 0.311. The zero-order valence-electron chi connectivity index (χ0n) is 18.5. The van der Waals surface area contributed by atoms with Crippen LogP contribution in [0.25, 0.3) is 11.4 Å². The largest absolute Gasteiger partial charge is 0.466 e. The Balaban J connectivity index is 1.70. The van der Waals surface area contributed by atoms with E-state index in [9.17, 15) is 14.4 Å². The molecule has 3 rings (SSSR count). The predicted octanol–water partition coefficient (Wildman–Crippen LogP) is 3.20. The Kier molecular flexibility index (Phi) is 7.80. The fourth-order valence-corrected chi connectivity index (χ4v) is 3.20. The maximum absolute atomic E-state index is 12.9. The summed E-state index contributed by atoms with van der Waals surface area (Å²) in [5.74, 6) is -0.319. The molecular formula is C24H26N4O5. The van der Waals surface area contributed by atoms with Gasteiger partial charge in [-0.2, -0.15) is 0 Å². The first-order valence-electron chi connectivity index (χ1n) is 10.6. The van der Waals surface area contributed by atoms with Gasteiger partial charge >= 0.3 is 17.8 Å². The molecule has 1 amide bonds. The summed E-state index contributed by atoms with van der Waals surface area (Å²) in [7, 11) is 0. The summed E-state index contributed by atoms with van der Waals surface area (Å²) in [6.07, 6.45) is 3.53. The van der Waals surface area contributed by atoms with Crippen molar-refractivity contribution in [2.45, 2.75) is 26.7 Å². The Morgan fingerprint density at radius 3 is 1.97 bits per heavy atom. The molecule has 0 spiro atoms. The number of aromatic nitrogens is 2. The van der Waals surface area contributed by atoms with Crippen molar-refractivity contribution in [2.75, 3.05) is 13.2 Å². The number of hydrogen-bond acceptors (Lipinski definition) is 6. The third-order valence-electron chi connectivity index (χ3n) is 4.85. The summed E-state index contributed by atoms with van der Waals surface area (Å²) in [6.45, 7) is 4.05. The molecule has 0 radical (unpaired) electrons. The van der Waals surface area contributed by atoms with Crippen molar-refractivity contribution in [1.29, 1.82) is 5.41 Å². The van der Waals surface area contributed by atoms with E-state index in [1.165, 1.54) is 9.13 Å².